The molecule has 0 unspecified atom stereocenters. The lowest BCUT2D eigenvalue weighted by molar-refractivity contribution is -0.117. The third-order valence-corrected chi connectivity index (χ3v) is 5.75. The van der Waals surface area contributed by atoms with Crippen LogP contribution in [-0.4, -0.2) is 25.5 Å². The fraction of sp³-hybridized carbons (Fsp3) is 0.333. The summed E-state index contributed by atoms with van der Waals surface area (Å²) in [5, 5.41) is 8.69. The summed E-state index contributed by atoms with van der Waals surface area (Å²) in [6.07, 6.45) is 1.61. The highest BCUT2D eigenvalue weighted by Crippen LogP contribution is 2.21. The molecule has 140 valence electrons. The van der Waals surface area contributed by atoms with Crippen LogP contribution in [0.1, 0.15) is 23.3 Å². The number of carbonyl (C=O) groups excluding carboxylic acids is 1. The van der Waals surface area contributed by atoms with Gasteiger partial charge in [0.25, 0.3) is 0 Å². The van der Waals surface area contributed by atoms with Crippen LogP contribution in [0.2, 0.25) is 0 Å². The van der Waals surface area contributed by atoms with Gasteiger partial charge < -0.3 is 15.5 Å². The highest BCUT2D eigenvalue weighted by Gasteiger charge is 2.21. The first-order valence-corrected chi connectivity index (χ1v) is 9.90. The Balaban J connectivity index is 0.00000243. The highest BCUT2D eigenvalue weighted by atomic mass is 127. The van der Waals surface area contributed by atoms with E-state index in [0.717, 1.165) is 41.2 Å². The number of benzene rings is 1. The monoisotopic (exact) mass is 548 g/mol. The molecule has 1 aromatic heterocycles. The third-order valence-electron chi connectivity index (χ3n) is 4.06. The third kappa shape index (κ3) is 5.68. The van der Waals surface area contributed by atoms with Crippen molar-refractivity contribution >= 4 is 68.8 Å². The molecule has 26 heavy (non-hydrogen) atoms. The summed E-state index contributed by atoms with van der Waals surface area (Å²) in [4.78, 5) is 19.1. The largest absolute Gasteiger partial charge is 0.352 e. The molecule has 3 rings (SSSR count). The second-order valence-corrected chi connectivity index (χ2v) is 7.74. The lowest BCUT2D eigenvalue weighted by Crippen LogP contribution is -2.36. The van der Waals surface area contributed by atoms with Crippen molar-refractivity contribution in [1.29, 1.82) is 0 Å². The van der Waals surface area contributed by atoms with Crippen molar-refractivity contribution in [2.45, 2.75) is 25.9 Å². The molecule has 2 heterocycles. The molecule has 0 radical (unpaired) electrons. The molecule has 1 amide bonds. The van der Waals surface area contributed by atoms with Gasteiger partial charge in [0, 0.05) is 47.0 Å². The van der Waals surface area contributed by atoms with E-state index in [2.05, 4.69) is 55.1 Å². The van der Waals surface area contributed by atoms with Gasteiger partial charge in [-0.2, -0.15) is 0 Å². The number of nitrogens with one attached hydrogen (secondary N) is 2. The van der Waals surface area contributed by atoms with E-state index in [9.17, 15) is 4.79 Å². The van der Waals surface area contributed by atoms with Crippen molar-refractivity contribution in [3.05, 3.63) is 50.6 Å². The number of thiophene rings is 1. The van der Waals surface area contributed by atoms with Crippen molar-refractivity contribution in [2.75, 3.05) is 18.5 Å². The van der Waals surface area contributed by atoms with Crippen molar-refractivity contribution in [1.82, 2.24) is 10.6 Å². The van der Waals surface area contributed by atoms with Gasteiger partial charge in [-0.3, -0.25) is 9.79 Å². The topological polar surface area (TPSA) is 56.7 Å². The van der Waals surface area contributed by atoms with E-state index in [1.54, 1.807) is 18.4 Å². The van der Waals surface area contributed by atoms with Crippen molar-refractivity contribution in [2.24, 2.45) is 4.99 Å². The first-order chi connectivity index (χ1) is 12.2. The van der Waals surface area contributed by atoms with Gasteiger partial charge in [-0.25, -0.2) is 0 Å². The first-order valence-electron chi connectivity index (χ1n) is 8.22. The van der Waals surface area contributed by atoms with Gasteiger partial charge in [-0.15, -0.1) is 35.3 Å². The molecule has 5 nitrogen and oxygen atoms in total. The minimum atomic E-state index is 0. The lowest BCUT2D eigenvalue weighted by atomic mass is 10.2. The maximum absolute atomic E-state index is 11.8. The Labute approximate surface area is 183 Å². The summed E-state index contributed by atoms with van der Waals surface area (Å²) in [7, 11) is 1.77. The van der Waals surface area contributed by atoms with Gasteiger partial charge >= 0.3 is 0 Å². The van der Waals surface area contributed by atoms with E-state index in [4.69, 9.17) is 0 Å². The van der Waals surface area contributed by atoms with E-state index >= 15 is 0 Å². The Hall–Kier alpha value is -1.13. The molecule has 1 aliphatic rings. The van der Waals surface area contributed by atoms with Crippen LogP contribution in [0.25, 0.3) is 0 Å². The lowest BCUT2D eigenvalue weighted by Gasteiger charge is -2.16. The van der Waals surface area contributed by atoms with Crippen molar-refractivity contribution in [3.63, 3.8) is 0 Å². The Kier molecular flexibility index (Phi) is 8.36. The normalized spacial score (nSPS) is 14.3. The van der Waals surface area contributed by atoms with Gasteiger partial charge in [0.2, 0.25) is 5.91 Å². The van der Waals surface area contributed by atoms with Crippen molar-refractivity contribution < 1.29 is 4.79 Å². The molecule has 1 aromatic carbocycles. The Morgan fingerprint density at radius 3 is 2.58 bits per heavy atom. The molecule has 0 aliphatic carbocycles. The molecule has 0 atom stereocenters. The first kappa shape index (κ1) is 21.2. The van der Waals surface area contributed by atoms with E-state index in [1.165, 1.54) is 4.88 Å². The van der Waals surface area contributed by atoms with Crippen LogP contribution in [0.5, 0.6) is 0 Å². The average molecular weight is 549 g/mol. The van der Waals surface area contributed by atoms with Crippen LogP contribution in [0.15, 0.2) is 45.2 Å². The average Bonchev–Trinajstić information content (AvgIpc) is 3.24. The van der Waals surface area contributed by atoms with Crippen LogP contribution in [-0.2, 0) is 17.9 Å². The number of nitrogens with zero attached hydrogens (tertiary/aromatic N) is 2. The SMILES string of the molecule is CN=C(NCc1ccc(N2CCCC2=O)cc1)NCc1cc(Br)cs1.I. The molecule has 2 aromatic rings. The van der Waals surface area contributed by atoms with Crippen LogP contribution in [0.4, 0.5) is 5.69 Å². The number of hydrogen-bond acceptors (Lipinski definition) is 3. The Morgan fingerprint density at radius 2 is 2.00 bits per heavy atom. The molecule has 0 bridgehead atoms. The molecule has 0 saturated carbocycles. The fourth-order valence-electron chi connectivity index (χ4n) is 2.74. The molecular formula is C18H22BrIN4OS. The number of aliphatic imine (C=N–C) groups is 1. The predicted octanol–water partition coefficient (Wildman–Crippen LogP) is 4.12. The summed E-state index contributed by atoms with van der Waals surface area (Å²) < 4.78 is 1.11. The van der Waals surface area contributed by atoms with Gasteiger partial charge in [-0.1, -0.05) is 12.1 Å². The number of carbonyl (C=O) groups is 1. The van der Waals surface area contributed by atoms with Crippen molar-refractivity contribution in [3.8, 4) is 0 Å². The second-order valence-electron chi connectivity index (χ2n) is 5.83. The van der Waals surface area contributed by atoms with E-state index in [1.807, 2.05) is 17.0 Å². The van der Waals surface area contributed by atoms with Crippen LogP contribution < -0.4 is 15.5 Å². The minimum absolute atomic E-state index is 0. The van der Waals surface area contributed by atoms with E-state index < -0.39 is 0 Å². The van der Waals surface area contributed by atoms with Gasteiger partial charge in [0.1, 0.15) is 0 Å². The minimum Gasteiger partial charge on any atom is -0.352 e. The number of hydrogen-bond donors (Lipinski definition) is 2. The number of guanidine groups is 1. The fourth-order valence-corrected chi connectivity index (χ4v) is 4.13. The van der Waals surface area contributed by atoms with Crippen LogP contribution >= 0.6 is 51.2 Å². The summed E-state index contributed by atoms with van der Waals surface area (Å²) in [6.45, 7) is 2.25. The predicted molar refractivity (Wildman–Crippen MR) is 123 cm³/mol. The molecule has 0 spiro atoms. The Morgan fingerprint density at radius 1 is 1.27 bits per heavy atom. The van der Waals surface area contributed by atoms with Gasteiger partial charge in [0.15, 0.2) is 5.96 Å². The molecule has 2 N–H and O–H groups in total. The molecule has 1 saturated heterocycles. The maximum atomic E-state index is 11.8. The molecular weight excluding hydrogens is 527 g/mol. The smallest absolute Gasteiger partial charge is 0.227 e. The number of amides is 1. The molecule has 8 heteroatoms. The standard InChI is InChI=1S/C18H21BrN4OS.HI/c1-20-18(22-11-16-9-14(19)12-25-16)21-10-13-4-6-15(7-5-13)23-8-2-3-17(23)24;/h4-7,9,12H,2-3,8,10-11H2,1H3,(H2,20,21,22);1H. The van der Waals surface area contributed by atoms with Gasteiger partial charge in [-0.05, 0) is 46.1 Å². The zero-order valence-electron chi connectivity index (χ0n) is 14.5. The summed E-state index contributed by atoms with van der Waals surface area (Å²) in [5.41, 5.74) is 2.13. The number of anilines is 1. The van der Waals surface area contributed by atoms with Crippen LogP contribution in [0.3, 0.4) is 0 Å². The summed E-state index contributed by atoms with van der Waals surface area (Å²) >= 11 is 5.17. The molecule has 1 fully saturated rings. The molecule has 1 aliphatic heterocycles. The van der Waals surface area contributed by atoms with Crippen LogP contribution in [0, 0.1) is 0 Å². The van der Waals surface area contributed by atoms with Gasteiger partial charge in [0.05, 0.1) is 6.54 Å². The summed E-state index contributed by atoms with van der Waals surface area (Å²) in [5.74, 6) is 0.985. The number of halogens is 2. The van der Waals surface area contributed by atoms with E-state index in [0.29, 0.717) is 13.0 Å². The second kappa shape index (κ2) is 10.3. The maximum Gasteiger partial charge on any atom is 0.227 e. The highest BCUT2D eigenvalue weighted by molar-refractivity contribution is 14.0. The zero-order chi connectivity index (χ0) is 17.6. The summed E-state index contributed by atoms with van der Waals surface area (Å²) in [6, 6.07) is 10.2. The van der Waals surface area contributed by atoms with E-state index in [-0.39, 0.29) is 29.9 Å². The zero-order valence-corrected chi connectivity index (χ0v) is 19.2. The Bertz CT molecular complexity index is 763. The quantitative estimate of drug-likeness (QED) is 0.336. The number of rotatable bonds is 5.